The number of rotatable bonds is 6. The van der Waals surface area contributed by atoms with Crippen LogP contribution in [0.2, 0.25) is 0 Å². The Morgan fingerprint density at radius 1 is 1.33 bits per heavy atom. The van der Waals surface area contributed by atoms with Gasteiger partial charge < -0.3 is 10.6 Å². The molecule has 0 aromatic carbocycles. The maximum absolute atomic E-state index is 12.6. The highest BCUT2D eigenvalue weighted by Gasteiger charge is 2.36. The van der Waals surface area contributed by atoms with Gasteiger partial charge in [-0.25, -0.2) is 0 Å². The van der Waals surface area contributed by atoms with E-state index in [1.165, 1.54) is 12.8 Å². The Morgan fingerprint density at radius 2 is 1.89 bits per heavy atom. The Labute approximate surface area is 112 Å². The van der Waals surface area contributed by atoms with E-state index in [0.29, 0.717) is 18.5 Å². The Kier molecular flexibility index (Phi) is 5.20. The number of carbonyl (C=O) groups excluding carboxylic acids is 1. The molecule has 1 amide bonds. The van der Waals surface area contributed by atoms with Crippen molar-refractivity contribution in [2.75, 3.05) is 13.1 Å². The highest BCUT2D eigenvalue weighted by molar-refractivity contribution is 5.79. The van der Waals surface area contributed by atoms with E-state index in [0.717, 1.165) is 13.0 Å². The number of hydrogen-bond donors (Lipinski definition) is 1. The third-order valence-corrected chi connectivity index (χ3v) is 3.33. The molecule has 0 aromatic heterocycles. The van der Waals surface area contributed by atoms with E-state index in [9.17, 15) is 4.79 Å². The lowest BCUT2D eigenvalue weighted by molar-refractivity contribution is -0.137. The minimum atomic E-state index is -0.00986. The lowest BCUT2D eigenvalue weighted by Gasteiger charge is -2.31. The van der Waals surface area contributed by atoms with Gasteiger partial charge in [0.25, 0.3) is 0 Å². The van der Waals surface area contributed by atoms with Gasteiger partial charge in [0.05, 0.1) is 5.92 Å². The van der Waals surface area contributed by atoms with Gasteiger partial charge >= 0.3 is 0 Å². The van der Waals surface area contributed by atoms with E-state index in [1.54, 1.807) is 0 Å². The number of amides is 1. The van der Waals surface area contributed by atoms with Gasteiger partial charge in [-0.05, 0) is 30.6 Å². The van der Waals surface area contributed by atoms with Crippen molar-refractivity contribution in [1.82, 2.24) is 4.90 Å². The second-order valence-electron chi connectivity index (χ2n) is 7.31. The maximum atomic E-state index is 12.6. The zero-order chi connectivity index (χ0) is 13.9. The van der Waals surface area contributed by atoms with E-state index < -0.39 is 0 Å². The first-order valence-electron chi connectivity index (χ1n) is 7.25. The summed E-state index contributed by atoms with van der Waals surface area (Å²) in [4.78, 5) is 14.7. The number of hydrogen-bond acceptors (Lipinski definition) is 2. The second-order valence-corrected chi connectivity index (χ2v) is 7.31. The highest BCUT2D eigenvalue weighted by Crippen LogP contribution is 2.31. The molecule has 1 aliphatic carbocycles. The number of nitrogens with two attached hydrogens (primary N) is 1. The second kappa shape index (κ2) is 6.05. The monoisotopic (exact) mass is 254 g/mol. The zero-order valence-electron chi connectivity index (χ0n) is 12.7. The van der Waals surface area contributed by atoms with Gasteiger partial charge in [-0.3, -0.25) is 4.79 Å². The number of carbonyl (C=O) groups is 1. The van der Waals surface area contributed by atoms with Crippen molar-refractivity contribution >= 4 is 5.91 Å². The molecule has 1 saturated carbocycles. The van der Waals surface area contributed by atoms with Crippen LogP contribution in [-0.2, 0) is 4.79 Å². The third kappa shape index (κ3) is 4.97. The van der Waals surface area contributed by atoms with Crippen LogP contribution in [0.3, 0.4) is 0 Å². The summed E-state index contributed by atoms with van der Waals surface area (Å²) in [7, 11) is 0. The fourth-order valence-electron chi connectivity index (χ4n) is 2.44. The van der Waals surface area contributed by atoms with Crippen LogP contribution in [0.25, 0.3) is 0 Å². The largest absolute Gasteiger partial charge is 0.339 e. The van der Waals surface area contributed by atoms with Gasteiger partial charge in [0, 0.05) is 19.1 Å². The molecule has 0 radical (unpaired) electrons. The van der Waals surface area contributed by atoms with E-state index in [4.69, 9.17) is 5.73 Å². The van der Waals surface area contributed by atoms with Crippen molar-refractivity contribution < 1.29 is 4.79 Å². The Balaban J connectivity index is 2.67. The number of nitrogens with zero attached hydrogens (tertiary/aromatic N) is 1. The molecule has 0 bridgehead atoms. The van der Waals surface area contributed by atoms with Crippen LogP contribution in [-0.4, -0.2) is 29.9 Å². The van der Waals surface area contributed by atoms with E-state index in [1.807, 2.05) is 0 Å². The summed E-state index contributed by atoms with van der Waals surface area (Å²) < 4.78 is 0. The molecule has 1 aliphatic rings. The normalized spacial score (nSPS) is 17.9. The van der Waals surface area contributed by atoms with Crippen LogP contribution < -0.4 is 5.73 Å². The van der Waals surface area contributed by atoms with Crippen molar-refractivity contribution in [1.29, 1.82) is 0 Å². The van der Waals surface area contributed by atoms with E-state index in [2.05, 4.69) is 39.5 Å². The molecule has 2 N–H and O–H groups in total. The minimum absolute atomic E-state index is 0.00986. The summed E-state index contributed by atoms with van der Waals surface area (Å²) in [5, 5.41) is 0. The topological polar surface area (TPSA) is 46.3 Å². The fraction of sp³-hybridized carbons (Fsp3) is 0.933. The van der Waals surface area contributed by atoms with Crippen LogP contribution in [0.1, 0.15) is 53.9 Å². The molecule has 0 spiro atoms. The smallest absolute Gasteiger partial charge is 0.227 e. The standard InChI is InChI=1S/C15H30N2O/c1-11(2)10-17(13-6-7-13)14(18)12(9-16)8-15(3,4)5/h11-13H,6-10,16H2,1-5H3. The average Bonchev–Trinajstić information content (AvgIpc) is 3.03. The van der Waals surface area contributed by atoms with Crippen molar-refractivity contribution in [3.05, 3.63) is 0 Å². The summed E-state index contributed by atoms with van der Waals surface area (Å²) in [6.07, 6.45) is 3.22. The highest BCUT2D eigenvalue weighted by atomic mass is 16.2. The molecule has 0 heterocycles. The average molecular weight is 254 g/mol. The Bertz CT molecular complexity index is 277. The Morgan fingerprint density at radius 3 is 2.22 bits per heavy atom. The predicted molar refractivity (Wildman–Crippen MR) is 76.2 cm³/mol. The summed E-state index contributed by atoms with van der Waals surface area (Å²) in [6, 6.07) is 0.494. The predicted octanol–water partition coefficient (Wildman–Crippen LogP) is 2.64. The van der Waals surface area contributed by atoms with Gasteiger partial charge in [0.1, 0.15) is 0 Å². The molecule has 1 atom stereocenters. The summed E-state index contributed by atoms with van der Waals surface area (Å²) in [5.74, 6) is 0.801. The van der Waals surface area contributed by atoms with Crippen molar-refractivity contribution in [3.8, 4) is 0 Å². The lowest BCUT2D eigenvalue weighted by Crippen LogP contribution is -2.43. The molecule has 106 valence electrons. The van der Waals surface area contributed by atoms with Crippen LogP contribution in [0, 0.1) is 17.3 Å². The molecule has 1 rings (SSSR count). The zero-order valence-corrected chi connectivity index (χ0v) is 12.7. The van der Waals surface area contributed by atoms with Gasteiger partial charge in [-0.1, -0.05) is 34.6 Å². The third-order valence-electron chi connectivity index (χ3n) is 3.33. The molecular weight excluding hydrogens is 224 g/mol. The van der Waals surface area contributed by atoms with Gasteiger partial charge in [-0.2, -0.15) is 0 Å². The first-order valence-corrected chi connectivity index (χ1v) is 7.25. The van der Waals surface area contributed by atoms with Gasteiger partial charge in [0.15, 0.2) is 0 Å². The van der Waals surface area contributed by atoms with Crippen LogP contribution in [0.5, 0.6) is 0 Å². The summed E-state index contributed by atoms with van der Waals surface area (Å²) in [5.41, 5.74) is 5.98. The summed E-state index contributed by atoms with van der Waals surface area (Å²) >= 11 is 0. The quantitative estimate of drug-likeness (QED) is 0.792. The first kappa shape index (κ1) is 15.5. The maximum Gasteiger partial charge on any atom is 0.227 e. The molecule has 0 saturated heterocycles. The van der Waals surface area contributed by atoms with E-state index in [-0.39, 0.29) is 17.2 Å². The molecule has 0 aromatic rings. The fourth-order valence-corrected chi connectivity index (χ4v) is 2.44. The Hall–Kier alpha value is -0.570. The van der Waals surface area contributed by atoms with Crippen LogP contribution in [0.15, 0.2) is 0 Å². The summed E-state index contributed by atoms with van der Waals surface area (Å²) in [6.45, 7) is 12.2. The van der Waals surface area contributed by atoms with Crippen molar-refractivity contribution in [3.63, 3.8) is 0 Å². The van der Waals surface area contributed by atoms with Crippen LogP contribution >= 0.6 is 0 Å². The molecular formula is C15H30N2O. The van der Waals surface area contributed by atoms with Crippen LogP contribution in [0.4, 0.5) is 0 Å². The van der Waals surface area contributed by atoms with Crippen molar-refractivity contribution in [2.45, 2.75) is 59.9 Å². The van der Waals surface area contributed by atoms with Gasteiger partial charge in [0.2, 0.25) is 5.91 Å². The van der Waals surface area contributed by atoms with Gasteiger partial charge in [-0.15, -0.1) is 0 Å². The molecule has 1 fully saturated rings. The molecule has 18 heavy (non-hydrogen) atoms. The molecule has 1 unspecified atom stereocenters. The molecule has 3 heteroatoms. The van der Waals surface area contributed by atoms with E-state index >= 15 is 0 Å². The lowest BCUT2D eigenvalue weighted by atomic mass is 9.84. The minimum Gasteiger partial charge on any atom is -0.339 e. The SMILES string of the molecule is CC(C)CN(C(=O)C(CN)CC(C)(C)C)C1CC1. The first-order chi connectivity index (χ1) is 8.24. The molecule has 0 aliphatic heterocycles. The van der Waals surface area contributed by atoms with Crippen molar-refractivity contribution in [2.24, 2.45) is 23.0 Å². The molecule has 3 nitrogen and oxygen atoms in total.